The van der Waals surface area contributed by atoms with E-state index >= 15 is 0 Å². The maximum Gasteiger partial charge on any atom is 0.0615 e. The van der Waals surface area contributed by atoms with Crippen molar-refractivity contribution in [2.45, 2.75) is 38.6 Å². The first kappa shape index (κ1) is 10.0. The quantitative estimate of drug-likeness (QED) is 0.695. The number of likely N-dealkylation sites (tertiary alicyclic amines) is 1. The Kier molecular flexibility index (Phi) is 3.13. The maximum absolute atomic E-state index is 9.39. The Labute approximate surface area is 75.6 Å². The fourth-order valence-corrected chi connectivity index (χ4v) is 2.36. The van der Waals surface area contributed by atoms with Crippen LogP contribution in [-0.2, 0) is 0 Å². The first-order valence-electron chi connectivity index (χ1n) is 4.93. The molecular formula is C10H21NO. The van der Waals surface area contributed by atoms with Crippen LogP contribution in [0.5, 0.6) is 0 Å². The van der Waals surface area contributed by atoms with Crippen molar-refractivity contribution in [3.05, 3.63) is 0 Å². The van der Waals surface area contributed by atoms with Crippen molar-refractivity contribution < 1.29 is 5.11 Å². The molecule has 72 valence electrons. The van der Waals surface area contributed by atoms with Gasteiger partial charge in [0, 0.05) is 5.54 Å². The number of rotatable bonds is 3. The summed E-state index contributed by atoms with van der Waals surface area (Å²) in [5.41, 5.74) is 0.105. The predicted molar refractivity (Wildman–Crippen MR) is 51.1 cm³/mol. The second-order valence-corrected chi connectivity index (χ2v) is 4.51. The normalized spacial score (nSPS) is 31.8. The van der Waals surface area contributed by atoms with Gasteiger partial charge in [0.05, 0.1) is 6.61 Å². The van der Waals surface area contributed by atoms with Crippen molar-refractivity contribution in [3.8, 4) is 0 Å². The highest BCUT2D eigenvalue weighted by Crippen LogP contribution is 2.33. The summed E-state index contributed by atoms with van der Waals surface area (Å²) in [5.74, 6) is 0.678. The summed E-state index contributed by atoms with van der Waals surface area (Å²) in [7, 11) is 2.13. The lowest BCUT2D eigenvalue weighted by Crippen LogP contribution is -2.45. The molecular weight excluding hydrogens is 150 g/mol. The zero-order chi connectivity index (χ0) is 9.19. The minimum absolute atomic E-state index is 0.105. The molecule has 12 heavy (non-hydrogen) atoms. The Hall–Kier alpha value is -0.0800. The van der Waals surface area contributed by atoms with Gasteiger partial charge in [-0.25, -0.2) is 0 Å². The highest BCUT2D eigenvalue weighted by molar-refractivity contribution is 4.94. The lowest BCUT2D eigenvalue weighted by atomic mass is 9.87. The molecule has 0 amide bonds. The number of hydrogen-bond donors (Lipinski definition) is 1. The van der Waals surface area contributed by atoms with Gasteiger partial charge in [-0.2, -0.15) is 0 Å². The molecule has 1 atom stereocenters. The molecule has 0 aromatic carbocycles. The van der Waals surface area contributed by atoms with Gasteiger partial charge in [-0.3, -0.25) is 4.90 Å². The lowest BCUT2D eigenvalue weighted by molar-refractivity contribution is 0.0650. The van der Waals surface area contributed by atoms with Gasteiger partial charge >= 0.3 is 0 Å². The fraction of sp³-hybridized carbons (Fsp3) is 1.00. The topological polar surface area (TPSA) is 23.5 Å². The van der Waals surface area contributed by atoms with Crippen LogP contribution in [0.15, 0.2) is 0 Å². The third-order valence-corrected chi connectivity index (χ3v) is 3.03. The van der Waals surface area contributed by atoms with E-state index in [1.54, 1.807) is 0 Å². The number of aliphatic hydroxyl groups excluding tert-OH is 1. The van der Waals surface area contributed by atoms with E-state index in [9.17, 15) is 5.11 Å². The highest BCUT2D eigenvalue weighted by Gasteiger charge is 2.38. The summed E-state index contributed by atoms with van der Waals surface area (Å²) in [4.78, 5) is 2.33. The lowest BCUT2D eigenvalue weighted by Gasteiger charge is -2.36. The molecule has 0 spiro atoms. The molecule has 1 aliphatic heterocycles. The van der Waals surface area contributed by atoms with Crippen LogP contribution in [0.1, 0.15) is 33.1 Å². The van der Waals surface area contributed by atoms with E-state index in [2.05, 4.69) is 25.8 Å². The SMILES string of the molecule is CC(C)C[C@]1(CO)CCCN1C. The molecule has 0 bridgehead atoms. The van der Waals surface area contributed by atoms with Crippen molar-refractivity contribution in [1.29, 1.82) is 0 Å². The summed E-state index contributed by atoms with van der Waals surface area (Å²) in [6, 6.07) is 0. The fourth-order valence-electron chi connectivity index (χ4n) is 2.36. The van der Waals surface area contributed by atoms with Gasteiger partial charge < -0.3 is 5.11 Å². The van der Waals surface area contributed by atoms with E-state index in [0.717, 1.165) is 19.4 Å². The van der Waals surface area contributed by atoms with Gasteiger partial charge in [0.2, 0.25) is 0 Å². The van der Waals surface area contributed by atoms with E-state index in [1.807, 2.05) is 0 Å². The molecule has 0 aliphatic carbocycles. The Morgan fingerprint density at radius 1 is 1.50 bits per heavy atom. The molecule has 0 aromatic rings. The highest BCUT2D eigenvalue weighted by atomic mass is 16.3. The van der Waals surface area contributed by atoms with E-state index < -0.39 is 0 Å². The number of likely N-dealkylation sites (N-methyl/N-ethyl adjacent to an activating group) is 1. The van der Waals surface area contributed by atoms with Crippen LogP contribution in [-0.4, -0.2) is 35.7 Å². The largest absolute Gasteiger partial charge is 0.394 e. The third-order valence-electron chi connectivity index (χ3n) is 3.03. The Balaban J connectivity index is 2.61. The van der Waals surface area contributed by atoms with Gasteiger partial charge in [0.25, 0.3) is 0 Å². The van der Waals surface area contributed by atoms with Crippen LogP contribution in [0.4, 0.5) is 0 Å². The van der Waals surface area contributed by atoms with E-state index in [-0.39, 0.29) is 5.54 Å². The second kappa shape index (κ2) is 3.75. The van der Waals surface area contributed by atoms with Crippen molar-refractivity contribution in [3.63, 3.8) is 0 Å². The zero-order valence-corrected chi connectivity index (χ0v) is 8.51. The minimum Gasteiger partial charge on any atom is -0.394 e. The molecule has 0 aromatic heterocycles. The van der Waals surface area contributed by atoms with Crippen molar-refractivity contribution >= 4 is 0 Å². The summed E-state index contributed by atoms with van der Waals surface area (Å²) < 4.78 is 0. The first-order chi connectivity index (χ1) is 5.60. The van der Waals surface area contributed by atoms with Crippen LogP contribution < -0.4 is 0 Å². The standard InChI is InChI=1S/C10H21NO/c1-9(2)7-10(8-12)5-4-6-11(10)3/h9,12H,4-8H2,1-3H3/t10-/m0/s1. The van der Waals surface area contributed by atoms with Gasteiger partial charge in [-0.15, -0.1) is 0 Å². The molecule has 2 nitrogen and oxygen atoms in total. The molecule has 0 radical (unpaired) electrons. The zero-order valence-electron chi connectivity index (χ0n) is 8.51. The predicted octanol–water partition coefficient (Wildman–Crippen LogP) is 1.49. The number of hydrogen-bond acceptors (Lipinski definition) is 2. The molecule has 0 saturated carbocycles. The second-order valence-electron chi connectivity index (χ2n) is 4.51. The molecule has 1 rings (SSSR count). The molecule has 1 N–H and O–H groups in total. The Morgan fingerprint density at radius 3 is 2.50 bits per heavy atom. The molecule has 1 heterocycles. The average molecular weight is 171 g/mol. The van der Waals surface area contributed by atoms with Crippen molar-refractivity contribution in [1.82, 2.24) is 4.90 Å². The molecule has 2 heteroatoms. The van der Waals surface area contributed by atoms with Crippen LogP contribution >= 0.6 is 0 Å². The van der Waals surface area contributed by atoms with Crippen LogP contribution in [0.25, 0.3) is 0 Å². The molecule has 1 aliphatic rings. The smallest absolute Gasteiger partial charge is 0.0615 e. The van der Waals surface area contributed by atoms with Crippen molar-refractivity contribution in [2.24, 2.45) is 5.92 Å². The number of aliphatic hydroxyl groups is 1. The average Bonchev–Trinajstić information content (AvgIpc) is 2.32. The maximum atomic E-state index is 9.39. The number of nitrogens with zero attached hydrogens (tertiary/aromatic N) is 1. The van der Waals surface area contributed by atoms with E-state index in [4.69, 9.17) is 0 Å². The van der Waals surface area contributed by atoms with Crippen molar-refractivity contribution in [2.75, 3.05) is 20.2 Å². The van der Waals surface area contributed by atoms with Gasteiger partial charge in [0.1, 0.15) is 0 Å². The monoisotopic (exact) mass is 171 g/mol. The summed E-state index contributed by atoms with van der Waals surface area (Å²) >= 11 is 0. The minimum atomic E-state index is 0.105. The Bertz CT molecular complexity index is 147. The van der Waals surface area contributed by atoms with Gasteiger partial charge in [0.15, 0.2) is 0 Å². The van der Waals surface area contributed by atoms with Crippen LogP contribution in [0, 0.1) is 5.92 Å². The van der Waals surface area contributed by atoms with Gasteiger partial charge in [-0.1, -0.05) is 13.8 Å². The molecule has 0 unspecified atom stereocenters. The van der Waals surface area contributed by atoms with Crippen LogP contribution in [0.2, 0.25) is 0 Å². The summed E-state index contributed by atoms with van der Waals surface area (Å²) in [6.45, 7) is 5.92. The molecule has 1 saturated heterocycles. The van der Waals surface area contributed by atoms with Gasteiger partial charge in [-0.05, 0) is 38.8 Å². The summed E-state index contributed by atoms with van der Waals surface area (Å²) in [6.07, 6.45) is 3.53. The summed E-state index contributed by atoms with van der Waals surface area (Å²) in [5, 5.41) is 9.39. The third kappa shape index (κ3) is 1.80. The Morgan fingerprint density at radius 2 is 2.17 bits per heavy atom. The first-order valence-corrected chi connectivity index (χ1v) is 4.93. The molecule has 1 fully saturated rings. The van der Waals surface area contributed by atoms with E-state index in [1.165, 1.54) is 6.42 Å². The van der Waals surface area contributed by atoms with Crippen LogP contribution in [0.3, 0.4) is 0 Å². The van der Waals surface area contributed by atoms with E-state index in [0.29, 0.717) is 12.5 Å².